The third kappa shape index (κ3) is 3.55. The Morgan fingerprint density at radius 3 is 2.29 bits per heavy atom. The maximum absolute atomic E-state index is 9.51. The zero-order valence-corrected chi connectivity index (χ0v) is 10.9. The van der Waals surface area contributed by atoms with E-state index in [4.69, 9.17) is 0 Å². The molecule has 0 saturated heterocycles. The second-order valence-corrected chi connectivity index (χ2v) is 5.36. The molecule has 2 nitrogen and oxygen atoms in total. The molecule has 1 aromatic carbocycles. The van der Waals surface area contributed by atoms with Crippen LogP contribution >= 0.6 is 0 Å². The van der Waals surface area contributed by atoms with Crippen LogP contribution < -0.4 is 0 Å². The summed E-state index contributed by atoms with van der Waals surface area (Å²) in [5, 5.41) is 9.51. The number of aliphatic hydroxyl groups excluding tert-OH is 1. The van der Waals surface area contributed by atoms with E-state index in [1.165, 1.54) is 11.1 Å². The first kappa shape index (κ1) is 12.6. The van der Waals surface area contributed by atoms with Crippen LogP contribution in [-0.4, -0.2) is 29.2 Å². The van der Waals surface area contributed by atoms with Gasteiger partial charge in [0, 0.05) is 12.6 Å². The van der Waals surface area contributed by atoms with E-state index in [0.717, 1.165) is 32.2 Å². The van der Waals surface area contributed by atoms with Crippen molar-refractivity contribution >= 4 is 0 Å². The number of nitrogens with zero attached hydrogens (tertiary/aromatic N) is 1. The van der Waals surface area contributed by atoms with Crippen molar-refractivity contribution in [3.05, 3.63) is 35.4 Å². The fourth-order valence-corrected chi connectivity index (χ4v) is 2.61. The summed E-state index contributed by atoms with van der Waals surface area (Å²) >= 11 is 0. The molecule has 0 spiro atoms. The maximum atomic E-state index is 9.51. The van der Waals surface area contributed by atoms with Crippen LogP contribution in [0.3, 0.4) is 0 Å². The zero-order valence-electron chi connectivity index (χ0n) is 10.9. The van der Waals surface area contributed by atoms with E-state index in [1.807, 2.05) is 0 Å². The summed E-state index contributed by atoms with van der Waals surface area (Å²) in [7, 11) is 2.20. The van der Waals surface area contributed by atoms with E-state index >= 15 is 0 Å². The first-order chi connectivity index (χ1) is 8.15. The van der Waals surface area contributed by atoms with Crippen LogP contribution in [0.15, 0.2) is 24.3 Å². The normalized spacial score (nSPS) is 25.2. The fourth-order valence-electron chi connectivity index (χ4n) is 2.61. The Morgan fingerprint density at radius 1 is 1.12 bits per heavy atom. The largest absolute Gasteiger partial charge is 0.393 e. The summed E-state index contributed by atoms with van der Waals surface area (Å²) in [6, 6.07) is 9.41. The minimum atomic E-state index is -0.0565. The van der Waals surface area contributed by atoms with Crippen molar-refractivity contribution in [2.24, 2.45) is 0 Å². The smallest absolute Gasteiger partial charge is 0.0541 e. The molecular formula is C15H23NO. The average Bonchev–Trinajstić information content (AvgIpc) is 2.33. The lowest BCUT2D eigenvalue weighted by molar-refractivity contribution is 0.0818. The van der Waals surface area contributed by atoms with Gasteiger partial charge in [-0.25, -0.2) is 0 Å². The highest BCUT2D eigenvalue weighted by Crippen LogP contribution is 2.23. The van der Waals surface area contributed by atoms with Crippen molar-refractivity contribution < 1.29 is 5.11 Å². The highest BCUT2D eigenvalue weighted by atomic mass is 16.3. The zero-order chi connectivity index (χ0) is 12.3. The molecule has 1 N–H and O–H groups in total. The lowest BCUT2D eigenvalue weighted by Gasteiger charge is -2.33. The van der Waals surface area contributed by atoms with Gasteiger partial charge in [0.1, 0.15) is 0 Å². The molecule has 17 heavy (non-hydrogen) atoms. The van der Waals surface area contributed by atoms with Crippen LogP contribution in [0.2, 0.25) is 0 Å². The minimum absolute atomic E-state index is 0.0565. The molecule has 1 saturated carbocycles. The molecule has 1 aliphatic rings. The summed E-state index contributed by atoms with van der Waals surface area (Å²) in [6.45, 7) is 3.14. The van der Waals surface area contributed by atoms with Crippen molar-refractivity contribution in [3.8, 4) is 0 Å². The van der Waals surface area contributed by atoms with Gasteiger partial charge in [0.2, 0.25) is 0 Å². The molecule has 0 heterocycles. The molecule has 0 aliphatic heterocycles. The van der Waals surface area contributed by atoms with E-state index in [1.54, 1.807) is 0 Å². The molecule has 2 heteroatoms. The first-order valence-corrected chi connectivity index (χ1v) is 6.59. The quantitative estimate of drug-likeness (QED) is 0.867. The van der Waals surface area contributed by atoms with Crippen molar-refractivity contribution in [2.75, 3.05) is 7.05 Å². The summed E-state index contributed by atoms with van der Waals surface area (Å²) in [5.74, 6) is 0. The number of hydrogen-bond acceptors (Lipinski definition) is 2. The highest BCUT2D eigenvalue weighted by Gasteiger charge is 2.22. The Hall–Kier alpha value is -0.860. The molecular weight excluding hydrogens is 210 g/mol. The lowest BCUT2D eigenvalue weighted by atomic mass is 9.92. The van der Waals surface area contributed by atoms with E-state index < -0.39 is 0 Å². The van der Waals surface area contributed by atoms with Gasteiger partial charge in [-0.3, -0.25) is 4.90 Å². The van der Waals surface area contributed by atoms with Crippen molar-refractivity contribution in [3.63, 3.8) is 0 Å². The molecule has 0 aromatic heterocycles. The predicted octanol–water partition coefficient (Wildman–Crippen LogP) is 2.73. The molecule has 2 rings (SSSR count). The Labute approximate surface area is 104 Å². The van der Waals surface area contributed by atoms with Crippen LogP contribution in [-0.2, 0) is 6.54 Å². The van der Waals surface area contributed by atoms with Crippen LogP contribution in [0.1, 0.15) is 36.8 Å². The van der Waals surface area contributed by atoms with Gasteiger partial charge in [-0.2, -0.15) is 0 Å². The SMILES string of the molecule is Cc1ccc(CN(C)C2CCC(O)CC2)cc1. The Balaban J connectivity index is 1.88. The average molecular weight is 233 g/mol. The molecule has 1 fully saturated rings. The van der Waals surface area contributed by atoms with Gasteiger partial charge in [-0.1, -0.05) is 29.8 Å². The van der Waals surface area contributed by atoms with E-state index in [2.05, 4.69) is 43.1 Å². The number of hydrogen-bond donors (Lipinski definition) is 1. The second kappa shape index (κ2) is 5.65. The van der Waals surface area contributed by atoms with Gasteiger partial charge in [-0.05, 0) is 45.2 Å². The van der Waals surface area contributed by atoms with Crippen LogP contribution in [0.5, 0.6) is 0 Å². The topological polar surface area (TPSA) is 23.5 Å². The van der Waals surface area contributed by atoms with Crippen molar-refractivity contribution in [1.29, 1.82) is 0 Å². The van der Waals surface area contributed by atoms with Gasteiger partial charge in [0.25, 0.3) is 0 Å². The summed E-state index contributed by atoms with van der Waals surface area (Å²) in [6.07, 6.45) is 4.12. The molecule has 1 aliphatic carbocycles. The van der Waals surface area contributed by atoms with Crippen molar-refractivity contribution in [2.45, 2.75) is 51.3 Å². The summed E-state index contributed by atoms with van der Waals surface area (Å²) < 4.78 is 0. The van der Waals surface area contributed by atoms with Gasteiger partial charge in [0.05, 0.1) is 6.10 Å². The van der Waals surface area contributed by atoms with Gasteiger partial charge in [0.15, 0.2) is 0 Å². The first-order valence-electron chi connectivity index (χ1n) is 6.59. The minimum Gasteiger partial charge on any atom is -0.393 e. The number of benzene rings is 1. The molecule has 0 radical (unpaired) electrons. The fraction of sp³-hybridized carbons (Fsp3) is 0.600. The van der Waals surface area contributed by atoms with Crippen LogP contribution in [0, 0.1) is 6.92 Å². The van der Waals surface area contributed by atoms with E-state index in [9.17, 15) is 5.11 Å². The maximum Gasteiger partial charge on any atom is 0.0541 e. The Morgan fingerprint density at radius 2 is 1.71 bits per heavy atom. The summed E-state index contributed by atoms with van der Waals surface area (Å²) in [5.41, 5.74) is 2.70. The Bertz CT molecular complexity index is 338. The highest BCUT2D eigenvalue weighted by molar-refractivity contribution is 5.21. The number of rotatable bonds is 3. The van der Waals surface area contributed by atoms with Gasteiger partial charge in [-0.15, -0.1) is 0 Å². The van der Waals surface area contributed by atoms with Crippen LogP contribution in [0.4, 0.5) is 0 Å². The number of aryl methyl sites for hydroxylation is 1. The van der Waals surface area contributed by atoms with Gasteiger partial charge >= 0.3 is 0 Å². The second-order valence-electron chi connectivity index (χ2n) is 5.36. The predicted molar refractivity (Wildman–Crippen MR) is 70.9 cm³/mol. The molecule has 0 amide bonds. The third-order valence-electron chi connectivity index (χ3n) is 3.84. The third-order valence-corrected chi connectivity index (χ3v) is 3.84. The molecule has 0 atom stereocenters. The lowest BCUT2D eigenvalue weighted by Crippen LogP contribution is -2.35. The molecule has 94 valence electrons. The number of aliphatic hydroxyl groups is 1. The summed E-state index contributed by atoms with van der Waals surface area (Å²) in [4.78, 5) is 2.43. The molecule has 0 bridgehead atoms. The van der Waals surface area contributed by atoms with Crippen molar-refractivity contribution in [1.82, 2.24) is 4.90 Å². The van der Waals surface area contributed by atoms with E-state index in [0.29, 0.717) is 6.04 Å². The van der Waals surface area contributed by atoms with Gasteiger partial charge < -0.3 is 5.11 Å². The standard InChI is InChI=1S/C15H23NO/c1-12-3-5-13(6-4-12)11-16(2)14-7-9-15(17)10-8-14/h3-6,14-15,17H,7-11H2,1-2H3. The van der Waals surface area contributed by atoms with Crippen LogP contribution in [0.25, 0.3) is 0 Å². The Kier molecular flexibility index (Phi) is 4.19. The molecule has 1 aromatic rings. The monoisotopic (exact) mass is 233 g/mol. The van der Waals surface area contributed by atoms with E-state index in [-0.39, 0.29) is 6.10 Å². The molecule has 0 unspecified atom stereocenters.